The zero-order valence-electron chi connectivity index (χ0n) is 11.2. The smallest absolute Gasteiger partial charge is 0.319 e. The van der Waals surface area contributed by atoms with Crippen LogP contribution in [0.4, 0.5) is 14.9 Å². The summed E-state index contributed by atoms with van der Waals surface area (Å²) >= 11 is 7.26. The van der Waals surface area contributed by atoms with Crippen molar-refractivity contribution in [2.75, 3.05) is 19.0 Å². The van der Waals surface area contributed by atoms with E-state index in [1.165, 1.54) is 23.5 Å². The van der Waals surface area contributed by atoms with E-state index >= 15 is 0 Å². The Morgan fingerprint density at radius 2 is 2.14 bits per heavy atom. The van der Waals surface area contributed by atoms with Crippen molar-refractivity contribution in [3.8, 4) is 0 Å². The molecule has 0 spiro atoms. The van der Waals surface area contributed by atoms with Crippen molar-refractivity contribution in [3.63, 3.8) is 0 Å². The van der Waals surface area contributed by atoms with Crippen LogP contribution in [0.5, 0.6) is 0 Å². The van der Waals surface area contributed by atoms with E-state index < -0.39 is 11.8 Å². The lowest BCUT2D eigenvalue weighted by atomic mass is 10.3. The van der Waals surface area contributed by atoms with E-state index in [0.29, 0.717) is 4.34 Å². The van der Waals surface area contributed by atoms with Crippen molar-refractivity contribution in [2.24, 2.45) is 0 Å². The fraction of sp³-hybridized carbons (Fsp3) is 0.214. The lowest BCUT2D eigenvalue weighted by molar-refractivity contribution is 0.107. The van der Waals surface area contributed by atoms with Gasteiger partial charge in [0.1, 0.15) is 11.9 Å². The standard InChI is InChI=1S/C14H14ClFN2O2S/c1-20-11(12-6-7-13(15)21-12)8-17-14(19)18-10-5-3-2-4-9(10)16/h2-7,11H,8H2,1H3,(H2,17,18,19). The summed E-state index contributed by atoms with van der Waals surface area (Å²) in [6.45, 7) is 0.258. The molecule has 2 aromatic rings. The van der Waals surface area contributed by atoms with Crippen LogP contribution in [0.15, 0.2) is 36.4 Å². The summed E-state index contributed by atoms with van der Waals surface area (Å²) in [4.78, 5) is 12.7. The summed E-state index contributed by atoms with van der Waals surface area (Å²) in [5.41, 5.74) is 0.128. The molecule has 1 aromatic heterocycles. The predicted octanol–water partition coefficient (Wildman–Crippen LogP) is 4.05. The first-order chi connectivity index (χ1) is 10.1. The number of rotatable bonds is 5. The first-order valence-corrected chi connectivity index (χ1v) is 7.37. The van der Waals surface area contributed by atoms with Gasteiger partial charge in [0.15, 0.2) is 0 Å². The predicted molar refractivity (Wildman–Crippen MR) is 82.5 cm³/mol. The monoisotopic (exact) mass is 328 g/mol. The highest BCUT2D eigenvalue weighted by atomic mass is 35.5. The third-order valence-electron chi connectivity index (χ3n) is 2.77. The van der Waals surface area contributed by atoms with Crippen LogP contribution in [0.2, 0.25) is 4.34 Å². The van der Waals surface area contributed by atoms with E-state index in [0.717, 1.165) is 4.88 Å². The van der Waals surface area contributed by atoms with Crippen LogP contribution in [0.25, 0.3) is 0 Å². The van der Waals surface area contributed by atoms with Crippen LogP contribution < -0.4 is 10.6 Å². The molecule has 1 atom stereocenters. The molecule has 1 aromatic carbocycles. The minimum Gasteiger partial charge on any atom is -0.374 e. The molecule has 21 heavy (non-hydrogen) atoms. The van der Waals surface area contributed by atoms with Gasteiger partial charge in [0.2, 0.25) is 0 Å². The largest absolute Gasteiger partial charge is 0.374 e. The van der Waals surface area contributed by atoms with Gasteiger partial charge in [-0.1, -0.05) is 23.7 Å². The van der Waals surface area contributed by atoms with Gasteiger partial charge in [-0.2, -0.15) is 0 Å². The van der Waals surface area contributed by atoms with Gasteiger partial charge < -0.3 is 15.4 Å². The van der Waals surface area contributed by atoms with Gasteiger partial charge in [-0.3, -0.25) is 0 Å². The second kappa shape index (κ2) is 7.40. The number of para-hydroxylation sites is 1. The van der Waals surface area contributed by atoms with Gasteiger partial charge >= 0.3 is 6.03 Å². The molecule has 0 saturated carbocycles. The minimum absolute atomic E-state index is 0.128. The van der Waals surface area contributed by atoms with Gasteiger partial charge in [0.25, 0.3) is 0 Å². The summed E-state index contributed by atoms with van der Waals surface area (Å²) in [6.07, 6.45) is -0.297. The van der Waals surface area contributed by atoms with Gasteiger partial charge in [-0.05, 0) is 24.3 Å². The van der Waals surface area contributed by atoms with Crippen molar-refractivity contribution in [3.05, 3.63) is 51.4 Å². The number of nitrogens with one attached hydrogen (secondary N) is 2. The Labute approximate surface area is 130 Å². The summed E-state index contributed by atoms with van der Waals surface area (Å²) < 4.78 is 19.4. The zero-order valence-corrected chi connectivity index (χ0v) is 12.8. The molecule has 0 saturated heterocycles. The Balaban J connectivity index is 1.89. The number of halogens is 2. The van der Waals surface area contributed by atoms with Gasteiger partial charge in [-0.25, -0.2) is 9.18 Å². The number of methoxy groups -OCH3 is 1. The first kappa shape index (κ1) is 15.8. The van der Waals surface area contributed by atoms with Crippen LogP contribution >= 0.6 is 22.9 Å². The number of urea groups is 1. The van der Waals surface area contributed by atoms with Crippen molar-refractivity contribution in [1.29, 1.82) is 0 Å². The molecule has 2 amide bonds. The molecule has 0 aliphatic heterocycles. The van der Waals surface area contributed by atoms with Crippen molar-refractivity contribution < 1.29 is 13.9 Å². The van der Waals surface area contributed by atoms with Crippen LogP contribution in [-0.2, 0) is 4.74 Å². The Hall–Kier alpha value is -1.63. The van der Waals surface area contributed by atoms with E-state index in [9.17, 15) is 9.18 Å². The maximum Gasteiger partial charge on any atom is 0.319 e. The number of anilines is 1. The quantitative estimate of drug-likeness (QED) is 0.870. The topological polar surface area (TPSA) is 50.4 Å². The lowest BCUT2D eigenvalue weighted by Gasteiger charge is -2.15. The highest BCUT2D eigenvalue weighted by Gasteiger charge is 2.14. The maximum atomic E-state index is 13.4. The number of amides is 2. The Kier molecular flexibility index (Phi) is 5.55. The molecule has 112 valence electrons. The summed E-state index contributed by atoms with van der Waals surface area (Å²) in [5.74, 6) is -0.485. The van der Waals surface area contributed by atoms with Crippen molar-refractivity contribution >= 4 is 34.7 Å². The fourth-order valence-electron chi connectivity index (χ4n) is 1.72. The minimum atomic E-state index is -0.496. The Morgan fingerprint density at radius 3 is 2.76 bits per heavy atom. The van der Waals surface area contributed by atoms with Gasteiger partial charge in [-0.15, -0.1) is 11.3 Å². The van der Waals surface area contributed by atoms with E-state index in [2.05, 4.69) is 10.6 Å². The molecule has 0 radical (unpaired) electrons. The van der Waals surface area contributed by atoms with Crippen LogP contribution in [0.3, 0.4) is 0 Å². The fourth-order valence-corrected chi connectivity index (χ4v) is 2.85. The molecule has 0 aliphatic carbocycles. The van der Waals surface area contributed by atoms with Gasteiger partial charge in [0.05, 0.1) is 16.6 Å². The number of hydrogen-bond acceptors (Lipinski definition) is 3. The Bertz CT molecular complexity index is 621. The number of thiophene rings is 1. The molecule has 0 fully saturated rings. The maximum absolute atomic E-state index is 13.4. The number of carbonyl (C=O) groups excluding carboxylic acids is 1. The highest BCUT2D eigenvalue weighted by molar-refractivity contribution is 7.16. The average molecular weight is 329 g/mol. The van der Waals surface area contributed by atoms with Crippen molar-refractivity contribution in [2.45, 2.75) is 6.10 Å². The van der Waals surface area contributed by atoms with Gasteiger partial charge in [0, 0.05) is 12.0 Å². The number of ether oxygens (including phenoxy) is 1. The molecular formula is C14H14ClFN2O2S. The highest BCUT2D eigenvalue weighted by Crippen LogP contribution is 2.28. The van der Waals surface area contributed by atoms with Crippen LogP contribution in [0, 0.1) is 5.82 Å². The third-order valence-corrected chi connectivity index (χ3v) is 4.09. The van der Waals surface area contributed by atoms with E-state index in [1.54, 1.807) is 25.3 Å². The molecule has 1 unspecified atom stereocenters. The molecule has 0 bridgehead atoms. The normalized spacial score (nSPS) is 12.0. The summed E-state index contributed by atoms with van der Waals surface area (Å²) in [6, 6.07) is 9.09. The second-order valence-corrected chi connectivity index (χ2v) is 5.93. The second-order valence-electron chi connectivity index (χ2n) is 4.18. The third kappa shape index (κ3) is 4.42. The molecule has 4 nitrogen and oxygen atoms in total. The average Bonchev–Trinajstić information content (AvgIpc) is 2.89. The zero-order chi connectivity index (χ0) is 15.2. The molecular weight excluding hydrogens is 315 g/mol. The summed E-state index contributed by atoms with van der Waals surface area (Å²) in [5, 5.41) is 5.08. The Morgan fingerprint density at radius 1 is 1.38 bits per heavy atom. The number of carbonyl (C=O) groups is 1. The number of benzene rings is 1. The lowest BCUT2D eigenvalue weighted by Crippen LogP contribution is -2.33. The van der Waals surface area contributed by atoms with E-state index in [1.807, 2.05) is 6.07 Å². The SMILES string of the molecule is COC(CNC(=O)Nc1ccccc1F)c1ccc(Cl)s1. The molecule has 2 rings (SSSR count). The molecule has 7 heteroatoms. The van der Waals surface area contributed by atoms with Crippen LogP contribution in [0.1, 0.15) is 11.0 Å². The van der Waals surface area contributed by atoms with Crippen LogP contribution in [-0.4, -0.2) is 19.7 Å². The van der Waals surface area contributed by atoms with E-state index in [4.69, 9.17) is 16.3 Å². The van der Waals surface area contributed by atoms with E-state index in [-0.39, 0.29) is 18.3 Å². The van der Waals surface area contributed by atoms with Crippen molar-refractivity contribution in [1.82, 2.24) is 5.32 Å². The molecule has 2 N–H and O–H groups in total. The number of hydrogen-bond donors (Lipinski definition) is 2. The molecule has 0 aliphatic rings. The first-order valence-electron chi connectivity index (χ1n) is 6.17. The summed E-state index contributed by atoms with van der Waals surface area (Å²) in [7, 11) is 1.55. The molecule has 1 heterocycles.